The van der Waals surface area contributed by atoms with Crippen molar-refractivity contribution in [1.82, 2.24) is 10.2 Å². The first-order valence-electron chi connectivity index (χ1n) is 13.2. The third-order valence-corrected chi connectivity index (χ3v) is 7.42. The number of hydrogen-bond acceptors (Lipinski definition) is 5. The van der Waals surface area contributed by atoms with Gasteiger partial charge in [0, 0.05) is 18.7 Å². The van der Waals surface area contributed by atoms with E-state index in [0.717, 1.165) is 42.4 Å². The Morgan fingerprint density at radius 3 is 2.64 bits per heavy atom. The molecule has 2 unspecified atom stereocenters. The average molecular weight is 529 g/mol. The average Bonchev–Trinajstić information content (AvgIpc) is 3.42. The molecule has 6 rings (SSSR count). The van der Waals surface area contributed by atoms with Crippen molar-refractivity contribution >= 4 is 17.9 Å². The van der Waals surface area contributed by atoms with Crippen LogP contribution >= 0.6 is 0 Å². The summed E-state index contributed by atoms with van der Waals surface area (Å²) in [5, 5.41) is 2.92. The van der Waals surface area contributed by atoms with Gasteiger partial charge in [0.1, 0.15) is 11.9 Å². The van der Waals surface area contributed by atoms with E-state index in [-0.39, 0.29) is 42.3 Å². The first-order chi connectivity index (χ1) is 19.0. The summed E-state index contributed by atoms with van der Waals surface area (Å²) in [5.74, 6) is 0.925. The quantitative estimate of drug-likeness (QED) is 0.446. The summed E-state index contributed by atoms with van der Waals surface area (Å²) in [7, 11) is 0. The highest BCUT2D eigenvalue weighted by Crippen LogP contribution is 2.35. The molecule has 2 amide bonds. The summed E-state index contributed by atoms with van der Waals surface area (Å²) >= 11 is 0. The predicted molar refractivity (Wildman–Crippen MR) is 142 cm³/mol. The Morgan fingerprint density at radius 2 is 1.79 bits per heavy atom. The molecule has 1 aliphatic carbocycles. The van der Waals surface area contributed by atoms with Crippen LogP contribution in [-0.4, -0.2) is 35.7 Å². The maximum Gasteiger partial charge on any atom is 0.289 e. The molecule has 3 aromatic carbocycles. The lowest BCUT2D eigenvalue weighted by molar-refractivity contribution is -0.149. The fourth-order valence-electron chi connectivity index (χ4n) is 5.41. The van der Waals surface area contributed by atoms with Gasteiger partial charge in [-0.2, -0.15) is 0 Å². The Kier molecular flexibility index (Phi) is 6.92. The number of amides is 2. The number of halogens is 1. The molecule has 0 radical (unpaired) electrons. The molecule has 1 saturated carbocycles. The topological polar surface area (TPSA) is 77.1 Å². The number of benzene rings is 3. The molecule has 200 valence electrons. The largest absolute Gasteiger partial charge is 0.482 e. The van der Waals surface area contributed by atoms with Crippen molar-refractivity contribution in [2.75, 3.05) is 6.79 Å². The summed E-state index contributed by atoms with van der Waals surface area (Å²) in [6, 6.07) is 19.0. The molecule has 2 atom stereocenters. The molecule has 2 heterocycles. The Balaban J connectivity index is 1.14. The molecular weight excluding hydrogens is 499 g/mol. The van der Waals surface area contributed by atoms with Gasteiger partial charge in [-0.05, 0) is 78.4 Å². The minimum Gasteiger partial charge on any atom is -0.482 e. The molecule has 0 spiro atoms. The molecular formula is C31H29FN2O5. The van der Waals surface area contributed by atoms with Crippen molar-refractivity contribution in [3.05, 3.63) is 101 Å². The number of fused-ring (bicyclic) bond motifs is 2. The van der Waals surface area contributed by atoms with E-state index < -0.39 is 0 Å². The molecule has 7 nitrogen and oxygen atoms in total. The standard InChI is InChI=1S/C31H29FN2O5/c32-24-5-3-4-22(14-24)18-34-25-6-1-2-7-26(25)39-29(31(34)36)15-20-8-11-23(12-9-20)30(35)33-17-21-10-13-27-28(16-21)38-19-37-27/h3-5,8-16,25-26H,1-2,6-7,17-19H2,(H,33,35)/b29-15-. The van der Waals surface area contributed by atoms with E-state index >= 15 is 0 Å². The highest BCUT2D eigenvalue weighted by molar-refractivity contribution is 5.97. The fraction of sp³-hybridized carbons (Fsp3) is 0.290. The predicted octanol–water partition coefficient (Wildman–Crippen LogP) is 5.20. The van der Waals surface area contributed by atoms with Crippen LogP contribution in [0.3, 0.4) is 0 Å². The van der Waals surface area contributed by atoms with E-state index in [2.05, 4.69) is 5.32 Å². The van der Waals surface area contributed by atoms with Gasteiger partial charge >= 0.3 is 0 Å². The number of carbonyl (C=O) groups is 2. The highest BCUT2D eigenvalue weighted by atomic mass is 19.1. The molecule has 2 fully saturated rings. The van der Waals surface area contributed by atoms with Crippen LogP contribution in [-0.2, 0) is 22.6 Å². The summed E-state index contributed by atoms with van der Waals surface area (Å²) < 4.78 is 30.7. The maximum atomic E-state index is 13.8. The maximum absolute atomic E-state index is 13.8. The van der Waals surface area contributed by atoms with Gasteiger partial charge < -0.3 is 24.4 Å². The molecule has 3 aliphatic rings. The van der Waals surface area contributed by atoms with Gasteiger partial charge in [0.05, 0.1) is 6.04 Å². The van der Waals surface area contributed by atoms with E-state index in [0.29, 0.717) is 30.2 Å². The second kappa shape index (κ2) is 10.8. The Hall–Kier alpha value is -4.33. The minimum atomic E-state index is -0.316. The van der Waals surface area contributed by atoms with Gasteiger partial charge in [-0.3, -0.25) is 9.59 Å². The lowest BCUT2D eigenvalue weighted by Crippen LogP contribution is -2.54. The first-order valence-corrected chi connectivity index (χ1v) is 13.2. The molecule has 0 aromatic heterocycles. The molecule has 2 aliphatic heterocycles. The third kappa shape index (κ3) is 5.46. The summed E-state index contributed by atoms with van der Waals surface area (Å²) in [6.45, 7) is 0.894. The van der Waals surface area contributed by atoms with Gasteiger partial charge in [-0.15, -0.1) is 0 Å². The van der Waals surface area contributed by atoms with Gasteiger partial charge in [0.15, 0.2) is 17.3 Å². The Labute approximate surface area is 226 Å². The molecule has 1 saturated heterocycles. The number of nitrogens with one attached hydrogen (secondary N) is 1. The Bertz CT molecular complexity index is 1420. The monoisotopic (exact) mass is 528 g/mol. The van der Waals surface area contributed by atoms with Crippen molar-refractivity contribution in [2.45, 2.75) is 50.9 Å². The smallest absolute Gasteiger partial charge is 0.289 e. The lowest BCUT2D eigenvalue weighted by atomic mass is 9.89. The Morgan fingerprint density at radius 1 is 0.974 bits per heavy atom. The van der Waals surface area contributed by atoms with Crippen molar-refractivity contribution in [3.8, 4) is 11.5 Å². The van der Waals surface area contributed by atoms with Gasteiger partial charge in [-0.25, -0.2) is 4.39 Å². The molecule has 1 N–H and O–H groups in total. The van der Waals surface area contributed by atoms with Crippen molar-refractivity contribution in [1.29, 1.82) is 0 Å². The van der Waals surface area contributed by atoms with Crippen LogP contribution in [0.5, 0.6) is 11.5 Å². The van der Waals surface area contributed by atoms with Crippen LogP contribution in [0.25, 0.3) is 6.08 Å². The molecule has 3 aromatic rings. The van der Waals surface area contributed by atoms with Gasteiger partial charge in [-0.1, -0.05) is 36.8 Å². The van der Waals surface area contributed by atoms with Crippen LogP contribution in [0.1, 0.15) is 52.7 Å². The van der Waals surface area contributed by atoms with E-state index in [1.54, 1.807) is 36.4 Å². The van der Waals surface area contributed by atoms with E-state index in [4.69, 9.17) is 14.2 Å². The van der Waals surface area contributed by atoms with Crippen molar-refractivity contribution < 1.29 is 28.2 Å². The summed E-state index contributed by atoms with van der Waals surface area (Å²) in [5.41, 5.74) is 2.93. The second-order valence-electron chi connectivity index (χ2n) is 10.1. The van der Waals surface area contributed by atoms with Crippen molar-refractivity contribution in [3.63, 3.8) is 0 Å². The number of morpholine rings is 1. The number of nitrogens with zero attached hydrogens (tertiary/aromatic N) is 1. The molecule has 39 heavy (non-hydrogen) atoms. The lowest BCUT2D eigenvalue weighted by Gasteiger charge is -2.44. The van der Waals surface area contributed by atoms with Crippen LogP contribution < -0.4 is 14.8 Å². The molecule has 8 heteroatoms. The molecule has 0 bridgehead atoms. The minimum absolute atomic E-state index is 0.0255. The van der Waals surface area contributed by atoms with Crippen LogP contribution in [0, 0.1) is 5.82 Å². The number of carbonyl (C=O) groups excluding carboxylic acids is 2. The highest BCUT2D eigenvalue weighted by Gasteiger charge is 2.41. The van der Waals surface area contributed by atoms with E-state index in [1.165, 1.54) is 12.1 Å². The van der Waals surface area contributed by atoms with Crippen molar-refractivity contribution in [2.24, 2.45) is 0 Å². The first kappa shape index (κ1) is 25.0. The summed E-state index contributed by atoms with van der Waals surface area (Å²) in [4.78, 5) is 28.0. The number of ether oxygens (including phenoxy) is 3. The second-order valence-corrected chi connectivity index (χ2v) is 10.1. The third-order valence-electron chi connectivity index (χ3n) is 7.42. The fourth-order valence-corrected chi connectivity index (χ4v) is 5.41. The van der Waals surface area contributed by atoms with Gasteiger partial charge in [0.2, 0.25) is 6.79 Å². The van der Waals surface area contributed by atoms with E-state index in [1.807, 2.05) is 29.2 Å². The zero-order valence-electron chi connectivity index (χ0n) is 21.4. The normalized spacial score (nSPS) is 20.9. The SMILES string of the molecule is O=C(NCc1ccc2c(c1)OCO2)c1ccc(/C=C2\OC3CCCCC3N(Cc3cccc(F)c3)C2=O)cc1. The van der Waals surface area contributed by atoms with Crippen LogP contribution in [0.4, 0.5) is 4.39 Å². The summed E-state index contributed by atoms with van der Waals surface area (Å²) in [6.07, 6.45) is 5.46. The van der Waals surface area contributed by atoms with Crippen LogP contribution in [0.15, 0.2) is 72.5 Å². The number of rotatable bonds is 6. The van der Waals surface area contributed by atoms with Gasteiger partial charge in [0.25, 0.3) is 11.8 Å². The zero-order chi connectivity index (χ0) is 26.8. The van der Waals surface area contributed by atoms with E-state index in [9.17, 15) is 14.0 Å². The zero-order valence-corrected chi connectivity index (χ0v) is 21.4. The number of hydrogen-bond donors (Lipinski definition) is 1. The van der Waals surface area contributed by atoms with Crippen LogP contribution in [0.2, 0.25) is 0 Å².